The molecule has 2 aromatic carbocycles. The maximum atomic E-state index is 13.6. The van der Waals surface area contributed by atoms with Gasteiger partial charge in [0.2, 0.25) is 12.8 Å². The molecule has 14 N–H and O–H groups in total. The third-order valence-corrected chi connectivity index (χ3v) is 15.0. The van der Waals surface area contributed by atoms with Crippen LogP contribution in [0.3, 0.4) is 0 Å². The minimum absolute atomic E-state index is 0.0343. The fourth-order valence-corrected chi connectivity index (χ4v) is 15.0. The Hall–Kier alpha value is -0.760. The van der Waals surface area contributed by atoms with Crippen LogP contribution < -0.4 is 31.1 Å². The van der Waals surface area contributed by atoms with Crippen molar-refractivity contribution in [1.29, 1.82) is 0 Å². The summed E-state index contributed by atoms with van der Waals surface area (Å²) in [5.41, 5.74) is -0.633. The van der Waals surface area contributed by atoms with Gasteiger partial charge in [0.1, 0.15) is 0 Å². The minimum atomic E-state index is -1.56. The number of aliphatic hydroxyl groups is 10. The number of nitrogens with zero attached hydrogens (tertiary/aromatic N) is 2. The lowest BCUT2D eigenvalue weighted by atomic mass is 10.0. The van der Waals surface area contributed by atoms with E-state index in [1.807, 2.05) is 0 Å². The van der Waals surface area contributed by atoms with Gasteiger partial charge in [-0.15, -0.1) is 0 Å². The SMILES string of the molecule is O=CN(CC(O)CC(O)CN(C=O)c1c(I)c(C(=O)NCC(O)CO)c(I)c(C(=O)NC(CO)CO)c1I)c1c(I)c(C(=O)NCC(O)CO)c(I)c(C(=O)NC(CO)CO)c1I. The second-order valence-electron chi connectivity index (χ2n) is 13.3. The van der Waals surface area contributed by atoms with Gasteiger partial charge in [-0.1, -0.05) is 0 Å². The molecule has 0 heterocycles. The average Bonchev–Trinajstić information content (AvgIpc) is 3.24. The molecule has 2 rings (SSSR count). The summed E-state index contributed by atoms with van der Waals surface area (Å²) in [6.07, 6.45) is -5.68. The second kappa shape index (κ2) is 28.5. The smallest absolute Gasteiger partial charge is 0.253 e. The molecular weight excluding hydrogens is 1520 g/mol. The van der Waals surface area contributed by atoms with E-state index in [1.165, 1.54) is 0 Å². The molecule has 4 atom stereocenters. The van der Waals surface area contributed by atoms with E-state index in [0.29, 0.717) is 12.8 Å². The number of anilines is 2. The van der Waals surface area contributed by atoms with Gasteiger partial charge in [-0.2, -0.15) is 0 Å². The zero-order chi connectivity index (χ0) is 47.9. The molecule has 4 unspecified atom stereocenters. The molecule has 0 aliphatic rings. The summed E-state index contributed by atoms with van der Waals surface area (Å²) < 4.78 is 0.582. The number of carbonyl (C=O) groups is 6. The minimum Gasteiger partial charge on any atom is -0.394 e. The van der Waals surface area contributed by atoms with Gasteiger partial charge in [0, 0.05) is 26.7 Å². The second-order valence-corrected chi connectivity index (χ2v) is 19.8. The monoisotopic (exact) mass is 1570 g/mol. The third-order valence-electron chi connectivity index (χ3n) is 8.65. The van der Waals surface area contributed by atoms with E-state index in [9.17, 15) is 79.8 Å². The molecule has 352 valence electrons. The highest BCUT2D eigenvalue weighted by molar-refractivity contribution is 14.1. The molecule has 22 nitrogen and oxygen atoms in total. The van der Waals surface area contributed by atoms with Gasteiger partial charge in [-0.3, -0.25) is 28.8 Å². The highest BCUT2D eigenvalue weighted by atomic mass is 127. The van der Waals surface area contributed by atoms with Crippen molar-refractivity contribution in [2.75, 3.05) is 75.6 Å². The largest absolute Gasteiger partial charge is 0.394 e. The molecule has 0 spiro atoms. The van der Waals surface area contributed by atoms with Crippen molar-refractivity contribution in [2.45, 2.75) is 42.9 Å². The summed E-state index contributed by atoms with van der Waals surface area (Å²) in [5, 5.41) is 109. The maximum absolute atomic E-state index is 13.6. The first-order valence-electron chi connectivity index (χ1n) is 18.1. The normalized spacial score (nSPS) is 13.2. The Bertz CT molecular complexity index is 1830. The Morgan fingerprint density at radius 2 is 0.746 bits per heavy atom. The molecule has 0 radical (unpaired) electrons. The summed E-state index contributed by atoms with van der Waals surface area (Å²) >= 11 is 10.5. The molecule has 0 aromatic heterocycles. The van der Waals surface area contributed by atoms with Crippen molar-refractivity contribution in [2.24, 2.45) is 0 Å². The van der Waals surface area contributed by atoms with E-state index in [2.05, 4.69) is 21.3 Å². The van der Waals surface area contributed by atoms with Crippen LogP contribution in [0.25, 0.3) is 0 Å². The lowest BCUT2D eigenvalue weighted by molar-refractivity contribution is -0.108. The quantitative estimate of drug-likeness (QED) is 0.0339. The zero-order valence-corrected chi connectivity index (χ0v) is 45.4. The van der Waals surface area contributed by atoms with Crippen LogP contribution in [0.5, 0.6) is 0 Å². The van der Waals surface area contributed by atoms with E-state index < -0.39 is 119 Å². The van der Waals surface area contributed by atoms with Crippen LogP contribution in [-0.4, -0.2) is 190 Å². The van der Waals surface area contributed by atoms with E-state index >= 15 is 0 Å². The Morgan fingerprint density at radius 1 is 0.460 bits per heavy atom. The van der Waals surface area contributed by atoms with Gasteiger partial charge < -0.3 is 82.1 Å². The lowest BCUT2D eigenvalue weighted by Crippen LogP contribution is -2.42. The van der Waals surface area contributed by atoms with Crippen LogP contribution in [-0.2, 0) is 9.59 Å². The average molecular weight is 1570 g/mol. The molecule has 63 heavy (non-hydrogen) atoms. The van der Waals surface area contributed by atoms with E-state index in [-0.39, 0.29) is 68.1 Å². The Kier molecular flexibility index (Phi) is 26.4. The topological polar surface area (TPSA) is 359 Å². The molecule has 0 aliphatic heterocycles. The molecule has 2 aromatic rings. The van der Waals surface area contributed by atoms with Crippen LogP contribution in [0.2, 0.25) is 0 Å². The number of halogens is 6. The molecule has 0 fully saturated rings. The number of amides is 6. The highest BCUT2D eigenvalue weighted by Gasteiger charge is 2.34. The van der Waals surface area contributed by atoms with Gasteiger partial charge in [0.15, 0.2) is 0 Å². The number of carbonyl (C=O) groups excluding carboxylic acids is 6. The first-order chi connectivity index (χ1) is 29.7. The Morgan fingerprint density at radius 3 is 1.00 bits per heavy atom. The first kappa shape index (κ1) is 58.4. The molecule has 0 saturated heterocycles. The molecule has 0 saturated carbocycles. The van der Waals surface area contributed by atoms with E-state index in [1.54, 1.807) is 136 Å². The fraction of sp³-hybridized carbons (Fsp3) is 0.486. The van der Waals surface area contributed by atoms with Crippen LogP contribution in [0.1, 0.15) is 47.9 Å². The van der Waals surface area contributed by atoms with Crippen molar-refractivity contribution in [1.82, 2.24) is 21.3 Å². The summed E-state index contributed by atoms with van der Waals surface area (Å²) in [6, 6.07) is -2.20. The lowest BCUT2D eigenvalue weighted by Gasteiger charge is -2.29. The number of benzene rings is 2. The summed E-state index contributed by atoms with van der Waals surface area (Å²) in [7, 11) is 0. The number of hydrogen-bond acceptors (Lipinski definition) is 16. The number of rotatable bonds is 26. The first-order valence-corrected chi connectivity index (χ1v) is 24.6. The van der Waals surface area contributed by atoms with Crippen molar-refractivity contribution in [3.8, 4) is 0 Å². The summed E-state index contributed by atoms with van der Waals surface area (Å²) in [4.78, 5) is 81.5. The van der Waals surface area contributed by atoms with Crippen LogP contribution in [0.15, 0.2) is 0 Å². The number of nitrogens with one attached hydrogen (secondary N) is 4. The Labute approximate surface area is 441 Å². The van der Waals surface area contributed by atoms with E-state index in [0.717, 1.165) is 9.80 Å². The molecule has 0 aliphatic carbocycles. The molecule has 6 amide bonds. The molecule has 28 heteroatoms. The summed E-state index contributed by atoms with van der Waals surface area (Å²) in [6.45, 7) is -5.81. The summed E-state index contributed by atoms with van der Waals surface area (Å²) in [5.74, 6) is -3.32. The Balaban J connectivity index is 2.62. The van der Waals surface area contributed by atoms with Crippen LogP contribution in [0, 0.1) is 21.4 Å². The van der Waals surface area contributed by atoms with Crippen LogP contribution >= 0.6 is 136 Å². The van der Waals surface area contributed by atoms with Gasteiger partial charge in [0.05, 0.1) is 137 Å². The van der Waals surface area contributed by atoms with Crippen molar-refractivity contribution >= 4 is 183 Å². The molecular formula is C35H44I6N6O16. The van der Waals surface area contributed by atoms with Gasteiger partial charge >= 0.3 is 0 Å². The number of aliphatic hydroxyl groups excluding tert-OH is 10. The van der Waals surface area contributed by atoms with Gasteiger partial charge in [-0.05, 0) is 136 Å². The van der Waals surface area contributed by atoms with Crippen molar-refractivity contribution in [3.63, 3.8) is 0 Å². The van der Waals surface area contributed by atoms with Crippen molar-refractivity contribution in [3.05, 3.63) is 43.7 Å². The van der Waals surface area contributed by atoms with Crippen molar-refractivity contribution < 1.29 is 79.8 Å². The predicted molar refractivity (Wildman–Crippen MR) is 274 cm³/mol. The maximum Gasteiger partial charge on any atom is 0.253 e. The highest BCUT2D eigenvalue weighted by Crippen LogP contribution is 2.39. The van der Waals surface area contributed by atoms with E-state index in [4.69, 9.17) is 0 Å². The van der Waals surface area contributed by atoms with Gasteiger partial charge in [0.25, 0.3) is 23.6 Å². The molecule has 0 bridgehead atoms. The number of hydrogen-bond donors (Lipinski definition) is 14. The predicted octanol–water partition coefficient (Wildman–Crippen LogP) is -2.62. The zero-order valence-electron chi connectivity index (χ0n) is 32.5. The third kappa shape index (κ3) is 15.6. The standard InChI is InChI=1S/C35H44I6N6O16/c36-24-20(32(60)42-2-18(58)10-52)26(38)30(28(40)22(24)34(62)44-14(6-48)7-49)46(12-54)4-16(56)1-17(57)5-47(13-55)31-27(39)21(33(61)43-3-19(59)11-53)25(37)23(29(31)41)35(63)45-15(8-50)9-51/h12-19,48-53,56-59H,1-11H2,(H,42,60)(H,43,61)(H,44,62)(H,45,63). The van der Waals surface area contributed by atoms with Gasteiger partial charge in [-0.25, -0.2) is 0 Å². The fourth-order valence-electron chi connectivity index (χ4n) is 5.43. The van der Waals surface area contributed by atoms with Crippen LogP contribution in [0.4, 0.5) is 11.4 Å².